The van der Waals surface area contributed by atoms with Gasteiger partial charge in [-0.3, -0.25) is 9.69 Å². The molecule has 120 valence electrons. The number of urea groups is 1. The highest BCUT2D eigenvalue weighted by atomic mass is 35.5. The topological polar surface area (TPSA) is 70.7 Å². The Bertz CT molecular complexity index is 577. The van der Waals surface area contributed by atoms with Gasteiger partial charge in [-0.25, -0.2) is 4.79 Å². The van der Waals surface area contributed by atoms with Crippen molar-refractivity contribution < 1.29 is 14.3 Å². The van der Waals surface area contributed by atoms with Crippen LogP contribution in [0.4, 0.5) is 10.5 Å². The zero-order valence-electron chi connectivity index (χ0n) is 12.9. The molecule has 0 aromatic heterocycles. The van der Waals surface area contributed by atoms with Crippen LogP contribution in [0.1, 0.15) is 20.8 Å². The van der Waals surface area contributed by atoms with Gasteiger partial charge in [-0.05, 0) is 39.0 Å². The van der Waals surface area contributed by atoms with E-state index >= 15 is 0 Å². The molecule has 1 aromatic rings. The van der Waals surface area contributed by atoms with Crippen molar-refractivity contribution in [2.75, 3.05) is 18.4 Å². The minimum absolute atomic E-state index is 0.0329. The average molecular weight is 326 g/mol. The van der Waals surface area contributed by atoms with Crippen LogP contribution in [0.5, 0.6) is 5.75 Å². The van der Waals surface area contributed by atoms with Crippen molar-refractivity contribution in [2.24, 2.45) is 0 Å². The molecule has 0 bridgehead atoms. The third-order valence-electron chi connectivity index (χ3n) is 3.17. The van der Waals surface area contributed by atoms with Crippen LogP contribution < -0.4 is 15.4 Å². The number of anilines is 1. The van der Waals surface area contributed by atoms with E-state index in [0.717, 1.165) is 0 Å². The Labute approximate surface area is 134 Å². The smallest absolute Gasteiger partial charge is 0.324 e. The Balaban J connectivity index is 2.02. The Kier molecular flexibility index (Phi) is 5.13. The van der Waals surface area contributed by atoms with E-state index in [2.05, 4.69) is 10.6 Å². The fourth-order valence-corrected chi connectivity index (χ4v) is 2.39. The van der Waals surface area contributed by atoms with Gasteiger partial charge in [0.05, 0.1) is 11.1 Å². The van der Waals surface area contributed by atoms with Crippen LogP contribution in [0.25, 0.3) is 0 Å². The van der Waals surface area contributed by atoms with Gasteiger partial charge in [-0.15, -0.1) is 0 Å². The number of rotatable bonds is 5. The number of carbonyl (C=O) groups is 2. The first-order chi connectivity index (χ1) is 10.4. The van der Waals surface area contributed by atoms with Crippen molar-refractivity contribution in [2.45, 2.75) is 32.9 Å². The monoisotopic (exact) mass is 325 g/mol. The first-order valence-corrected chi connectivity index (χ1v) is 7.58. The molecule has 0 radical (unpaired) electrons. The van der Waals surface area contributed by atoms with Crippen LogP contribution >= 0.6 is 11.6 Å². The molecule has 1 aliphatic rings. The zero-order valence-corrected chi connectivity index (χ0v) is 13.6. The minimum Gasteiger partial charge on any atom is -0.489 e. The molecule has 1 atom stereocenters. The summed E-state index contributed by atoms with van der Waals surface area (Å²) < 4.78 is 5.56. The second-order valence-corrected chi connectivity index (χ2v) is 5.81. The molecule has 6 nitrogen and oxygen atoms in total. The lowest BCUT2D eigenvalue weighted by atomic mass is 10.2. The maximum absolute atomic E-state index is 12.2. The molecule has 1 aliphatic heterocycles. The molecule has 1 heterocycles. The van der Waals surface area contributed by atoms with Crippen LogP contribution in [0.2, 0.25) is 5.02 Å². The third kappa shape index (κ3) is 3.82. The second kappa shape index (κ2) is 6.87. The second-order valence-electron chi connectivity index (χ2n) is 5.40. The van der Waals surface area contributed by atoms with Gasteiger partial charge in [-0.2, -0.15) is 0 Å². The summed E-state index contributed by atoms with van der Waals surface area (Å²) in [6.07, 6.45) is 0.0329. The third-order valence-corrected chi connectivity index (χ3v) is 3.47. The standard InChI is InChI=1S/C15H20ClN3O3/c1-9(2)22-13-5-4-11(8-12(13)16)18-10(3)14(20)19-7-6-17-15(19)21/h4-5,8-10,18H,6-7H2,1-3H3,(H,17,21)/t10-/m0/s1. The van der Waals surface area contributed by atoms with E-state index in [9.17, 15) is 9.59 Å². The number of imide groups is 1. The number of benzene rings is 1. The van der Waals surface area contributed by atoms with Crippen molar-refractivity contribution in [1.29, 1.82) is 0 Å². The molecule has 0 aliphatic carbocycles. The summed E-state index contributed by atoms with van der Waals surface area (Å²) >= 11 is 6.16. The summed E-state index contributed by atoms with van der Waals surface area (Å²) in [5, 5.41) is 6.12. The highest BCUT2D eigenvalue weighted by Gasteiger charge is 2.29. The molecule has 3 amide bonds. The lowest BCUT2D eigenvalue weighted by molar-refractivity contribution is -0.128. The number of nitrogens with one attached hydrogen (secondary N) is 2. The van der Waals surface area contributed by atoms with Crippen molar-refractivity contribution >= 4 is 29.2 Å². The highest BCUT2D eigenvalue weighted by Crippen LogP contribution is 2.28. The molecular weight excluding hydrogens is 306 g/mol. The summed E-state index contributed by atoms with van der Waals surface area (Å²) in [5.74, 6) is 0.328. The van der Waals surface area contributed by atoms with Gasteiger partial charge >= 0.3 is 6.03 Å². The SMILES string of the molecule is CC(C)Oc1ccc(N[C@@H](C)C(=O)N2CCNC2=O)cc1Cl. The summed E-state index contributed by atoms with van der Waals surface area (Å²) in [7, 11) is 0. The van der Waals surface area contributed by atoms with E-state index in [1.165, 1.54) is 4.90 Å². The van der Waals surface area contributed by atoms with E-state index in [4.69, 9.17) is 16.3 Å². The first kappa shape index (κ1) is 16.4. The van der Waals surface area contributed by atoms with Gasteiger partial charge in [0.2, 0.25) is 0 Å². The maximum Gasteiger partial charge on any atom is 0.324 e. The van der Waals surface area contributed by atoms with Crippen molar-refractivity contribution in [3.63, 3.8) is 0 Å². The quantitative estimate of drug-likeness (QED) is 0.872. The number of halogens is 1. The Hall–Kier alpha value is -1.95. The molecule has 1 saturated heterocycles. The van der Waals surface area contributed by atoms with E-state index in [-0.39, 0.29) is 18.0 Å². The van der Waals surface area contributed by atoms with Gasteiger partial charge in [0, 0.05) is 18.8 Å². The van der Waals surface area contributed by atoms with Gasteiger partial charge < -0.3 is 15.4 Å². The van der Waals surface area contributed by atoms with Gasteiger partial charge in [0.15, 0.2) is 0 Å². The zero-order chi connectivity index (χ0) is 16.3. The van der Waals surface area contributed by atoms with E-state index in [1.807, 2.05) is 13.8 Å². The highest BCUT2D eigenvalue weighted by molar-refractivity contribution is 6.32. The summed E-state index contributed by atoms with van der Waals surface area (Å²) in [6, 6.07) is 4.36. The molecule has 2 rings (SSSR count). The molecule has 0 spiro atoms. The molecular formula is C15H20ClN3O3. The largest absolute Gasteiger partial charge is 0.489 e. The molecule has 22 heavy (non-hydrogen) atoms. The molecule has 1 aromatic carbocycles. The fraction of sp³-hybridized carbons (Fsp3) is 0.467. The van der Waals surface area contributed by atoms with Crippen LogP contribution in [-0.2, 0) is 4.79 Å². The molecule has 0 saturated carbocycles. The fourth-order valence-electron chi connectivity index (χ4n) is 2.17. The Morgan fingerprint density at radius 1 is 1.41 bits per heavy atom. The van der Waals surface area contributed by atoms with Crippen LogP contribution in [-0.4, -0.2) is 42.1 Å². The van der Waals surface area contributed by atoms with E-state index < -0.39 is 6.04 Å². The summed E-state index contributed by atoms with van der Waals surface area (Å²) in [6.45, 7) is 6.44. The van der Waals surface area contributed by atoms with Gasteiger partial charge in [0.25, 0.3) is 5.91 Å². The first-order valence-electron chi connectivity index (χ1n) is 7.20. The molecule has 1 fully saturated rings. The molecule has 0 unspecified atom stereocenters. The van der Waals surface area contributed by atoms with Crippen LogP contribution in [0, 0.1) is 0 Å². The van der Waals surface area contributed by atoms with E-state index in [1.54, 1.807) is 25.1 Å². The van der Waals surface area contributed by atoms with Crippen molar-refractivity contribution in [3.8, 4) is 5.75 Å². The van der Waals surface area contributed by atoms with Gasteiger partial charge in [0.1, 0.15) is 11.8 Å². The predicted octanol–water partition coefficient (Wildman–Crippen LogP) is 2.48. The number of hydrogen-bond donors (Lipinski definition) is 2. The minimum atomic E-state index is -0.531. The lowest BCUT2D eigenvalue weighted by Gasteiger charge is -2.20. The Morgan fingerprint density at radius 3 is 2.68 bits per heavy atom. The van der Waals surface area contributed by atoms with Gasteiger partial charge in [-0.1, -0.05) is 11.6 Å². The normalized spacial score (nSPS) is 15.7. The predicted molar refractivity (Wildman–Crippen MR) is 85.4 cm³/mol. The molecule has 7 heteroatoms. The summed E-state index contributed by atoms with van der Waals surface area (Å²) in [5.41, 5.74) is 0.696. The number of carbonyl (C=O) groups excluding carboxylic acids is 2. The van der Waals surface area contributed by atoms with Crippen molar-refractivity contribution in [3.05, 3.63) is 23.2 Å². The lowest BCUT2D eigenvalue weighted by Crippen LogP contribution is -2.43. The van der Waals surface area contributed by atoms with Crippen LogP contribution in [0.15, 0.2) is 18.2 Å². The van der Waals surface area contributed by atoms with E-state index in [0.29, 0.717) is 29.5 Å². The number of ether oxygens (including phenoxy) is 1. The van der Waals surface area contributed by atoms with Crippen LogP contribution in [0.3, 0.4) is 0 Å². The van der Waals surface area contributed by atoms with Crippen molar-refractivity contribution in [1.82, 2.24) is 10.2 Å². The maximum atomic E-state index is 12.2. The molecule has 2 N–H and O–H groups in total. The number of amides is 3. The summed E-state index contributed by atoms with van der Waals surface area (Å²) in [4.78, 5) is 24.9. The number of hydrogen-bond acceptors (Lipinski definition) is 4. The number of nitrogens with zero attached hydrogens (tertiary/aromatic N) is 1. The Morgan fingerprint density at radius 2 is 2.14 bits per heavy atom. The average Bonchev–Trinajstić information content (AvgIpc) is 2.86.